The van der Waals surface area contributed by atoms with Crippen LogP contribution in [0.5, 0.6) is 23.0 Å². The van der Waals surface area contributed by atoms with Crippen molar-refractivity contribution in [1.29, 1.82) is 0 Å². The SMILES string of the molecule is COc1ccc(/C=C2\Oc3cc(OCC(=O)N[C@@H](C(=O)O)C(C)C)ccc3C2=O)cc1OC. The lowest BCUT2D eigenvalue weighted by Gasteiger charge is -2.18. The Morgan fingerprint density at radius 3 is 2.45 bits per heavy atom. The molecule has 9 heteroatoms. The lowest BCUT2D eigenvalue weighted by Crippen LogP contribution is -2.46. The largest absolute Gasteiger partial charge is 0.493 e. The van der Waals surface area contributed by atoms with Gasteiger partial charge in [0.15, 0.2) is 23.9 Å². The summed E-state index contributed by atoms with van der Waals surface area (Å²) >= 11 is 0. The van der Waals surface area contributed by atoms with E-state index in [4.69, 9.17) is 18.9 Å². The van der Waals surface area contributed by atoms with Crippen molar-refractivity contribution in [2.45, 2.75) is 19.9 Å². The average Bonchev–Trinajstić information content (AvgIpc) is 3.09. The van der Waals surface area contributed by atoms with Gasteiger partial charge < -0.3 is 29.4 Å². The summed E-state index contributed by atoms with van der Waals surface area (Å²) in [4.78, 5) is 36.0. The predicted octanol–water partition coefficient (Wildman–Crippen LogP) is 2.92. The number of fused-ring (bicyclic) bond motifs is 1. The van der Waals surface area contributed by atoms with Crippen molar-refractivity contribution in [3.05, 3.63) is 53.3 Å². The highest BCUT2D eigenvalue weighted by Crippen LogP contribution is 2.36. The number of amides is 1. The first kappa shape index (κ1) is 23.6. The van der Waals surface area contributed by atoms with E-state index in [1.54, 1.807) is 50.3 Å². The van der Waals surface area contributed by atoms with Crippen molar-refractivity contribution < 1.29 is 38.4 Å². The molecule has 1 aliphatic rings. The summed E-state index contributed by atoms with van der Waals surface area (Å²) in [5.74, 6) is -0.419. The summed E-state index contributed by atoms with van der Waals surface area (Å²) in [7, 11) is 3.06. The lowest BCUT2D eigenvalue weighted by molar-refractivity contribution is -0.143. The number of nitrogens with one attached hydrogen (secondary N) is 1. The molecule has 0 fully saturated rings. The van der Waals surface area contributed by atoms with Crippen molar-refractivity contribution in [3.63, 3.8) is 0 Å². The molecule has 9 nitrogen and oxygen atoms in total. The third-order valence-electron chi connectivity index (χ3n) is 4.97. The topological polar surface area (TPSA) is 120 Å². The van der Waals surface area contributed by atoms with E-state index in [9.17, 15) is 19.5 Å². The van der Waals surface area contributed by atoms with Crippen LogP contribution in [0.1, 0.15) is 29.8 Å². The van der Waals surface area contributed by atoms with Gasteiger partial charge in [0.25, 0.3) is 5.91 Å². The van der Waals surface area contributed by atoms with Gasteiger partial charge in [-0.05, 0) is 41.8 Å². The van der Waals surface area contributed by atoms with E-state index in [-0.39, 0.29) is 24.1 Å². The molecule has 0 aromatic heterocycles. The second-order valence-electron chi connectivity index (χ2n) is 7.63. The summed E-state index contributed by atoms with van der Waals surface area (Å²) in [6.45, 7) is 3.02. The fraction of sp³-hybridized carbons (Fsp3) is 0.292. The van der Waals surface area contributed by atoms with Crippen molar-refractivity contribution in [1.82, 2.24) is 5.32 Å². The minimum atomic E-state index is -1.11. The maximum Gasteiger partial charge on any atom is 0.326 e. The Morgan fingerprint density at radius 1 is 1.09 bits per heavy atom. The number of hydrogen-bond donors (Lipinski definition) is 2. The summed E-state index contributed by atoms with van der Waals surface area (Å²) in [6.07, 6.45) is 1.59. The molecular formula is C24H25NO8. The molecule has 174 valence electrons. The molecule has 1 heterocycles. The van der Waals surface area contributed by atoms with Crippen molar-refractivity contribution in [2.24, 2.45) is 5.92 Å². The number of Topliss-reactive ketones (excluding diaryl/α,β-unsaturated/α-hetero) is 1. The van der Waals surface area contributed by atoms with Crippen LogP contribution in [0, 0.1) is 5.92 Å². The fourth-order valence-electron chi connectivity index (χ4n) is 3.23. The Bertz CT molecular complexity index is 1110. The van der Waals surface area contributed by atoms with E-state index in [2.05, 4.69) is 5.32 Å². The first-order valence-corrected chi connectivity index (χ1v) is 10.2. The molecule has 0 spiro atoms. The Hall–Kier alpha value is -4.01. The second kappa shape index (κ2) is 10.1. The summed E-state index contributed by atoms with van der Waals surface area (Å²) in [5.41, 5.74) is 1.05. The quantitative estimate of drug-likeness (QED) is 0.554. The molecule has 33 heavy (non-hydrogen) atoms. The first-order valence-electron chi connectivity index (χ1n) is 10.2. The highest BCUT2D eigenvalue weighted by molar-refractivity contribution is 6.14. The number of carboxylic acid groups (broad SMARTS) is 1. The van der Waals surface area contributed by atoms with Crippen molar-refractivity contribution in [2.75, 3.05) is 20.8 Å². The van der Waals surface area contributed by atoms with Gasteiger partial charge in [-0.3, -0.25) is 9.59 Å². The third kappa shape index (κ3) is 5.43. The number of ketones is 1. The van der Waals surface area contributed by atoms with E-state index in [1.165, 1.54) is 20.3 Å². The van der Waals surface area contributed by atoms with Gasteiger partial charge in [-0.2, -0.15) is 0 Å². The third-order valence-corrected chi connectivity index (χ3v) is 4.97. The van der Waals surface area contributed by atoms with Crippen LogP contribution in [0.15, 0.2) is 42.2 Å². The number of ether oxygens (including phenoxy) is 4. The molecule has 0 aliphatic carbocycles. The van der Waals surface area contributed by atoms with Crippen molar-refractivity contribution >= 4 is 23.7 Å². The first-order chi connectivity index (χ1) is 15.7. The van der Waals surface area contributed by atoms with E-state index in [0.717, 1.165) is 0 Å². The standard InChI is InChI=1S/C24H25NO8/c1-13(2)22(24(28)29)25-21(26)12-32-15-6-7-16-18(11-15)33-20(23(16)27)10-14-5-8-17(30-3)19(9-14)31-4/h5-11,13,22H,12H2,1-4H3,(H,25,26)(H,28,29)/b20-10-/t22-/m1/s1. The predicted molar refractivity (Wildman–Crippen MR) is 119 cm³/mol. The normalized spacial score (nSPS) is 14.5. The molecule has 2 aromatic rings. The Kier molecular flexibility index (Phi) is 7.22. The molecule has 1 aliphatic heterocycles. The Labute approximate surface area is 190 Å². The highest BCUT2D eigenvalue weighted by atomic mass is 16.5. The lowest BCUT2D eigenvalue weighted by atomic mass is 10.1. The second-order valence-corrected chi connectivity index (χ2v) is 7.63. The van der Waals surface area contributed by atoms with E-state index < -0.39 is 17.9 Å². The zero-order valence-corrected chi connectivity index (χ0v) is 18.7. The number of hydrogen-bond acceptors (Lipinski definition) is 7. The zero-order chi connectivity index (χ0) is 24.1. The number of carbonyl (C=O) groups is 3. The van der Waals surface area contributed by atoms with Gasteiger partial charge in [0.2, 0.25) is 5.78 Å². The van der Waals surface area contributed by atoms with Gasteiger partial charge in [0.05, 0.1) is 19.8 Å². The number of benzene rings is 2. The molecule has 0 unspecified atom stereocenters. The van der Waals surface area contributed by atoms with Crippen LogP contribution in [0.2, 0.25) is 0 Å². The summed E-state index contributed by atoms with van der Waals surface area (Å²) in [5, 5.41) is 11.6. The average molecular weight is 455 g/mol. The minimum Gasteiger partial charge on any atom is -0.493 e. The number of methoxy groups -OCH3 is 2. The molecule has 0 saturated heterocycles. The van der Waals surface area contributed by atoms with E-state index in [0.29, 0.717) is 34.1 Å². The van der Waals surface area contributed by atoms with Crippen LogP contribution in [-0.2, 0) is 9.59 Å². The highest BCUT2D eigenvalue weighted by Gasteiger charge is 2.28. The summed E-state index contributed by atoms with van der Waals surface area (Å²) in [6, 6.07) is 8.81. The van der Waals surface area contributed by atoms with Crippen LogP contribution in [0.4, 0.5) is 0 Å². The minimum absolute atomic E-state index is 0.133. The van der Waals surface area contributed by atoms with Crippen LogP contribution in [-0.4, -0.2) is 49.6 Å². The number of carboxylic acids is 1. The molecule has 1 atom stereocenters. The molecular weight excluding hydrogens is 430 g/mol. The van der Waals surface area contributed by atoms with Gasteiger partial charge >= 0.3 is 5.97 Å². The Balaban J connectivity index is 1.69. The number of rotatable bonds is 9. The molecule has 0 bridgehead atoms. The molecule has 2 N–H and O–H groups in total. The van der Waals surface area contributed by atoms with Crippen molar-refractivity contribution in [3.8, 4) is 23.0 Å². The van der Waals surface area contributed by atoms with E-state index in [1.807, 2.05) is 0 Å². The van der Waals surface area contributed by atoms with Gasteiger partial charge in [-0.25, -0.2) is 4.79 Å². The van der Waals surface area contributed by atoms with Crippen LogP contribution in [0.25, 0.3) is 6.08 Å². The van der Waals surface area contributed by atoms with E-state index >= 15 is 0 Å². The summed E-state index contributed by atoms with van der Waals surface area (Å²) < 4.78 is 21.7. The number of aliphatic carboxylic acids is 1. The monoisotopic (exact) mass is 455 g/mol. The smallest absolute Gasteiger partial charge is 0.326 e. The van der Waals surface area contributed by atoms with Gasteiger partial charge in [-0.1, -0.05) is 19.9 Å². The Morgan fingerprint density at radius 2 is 1.82 bits per heavy atom. The maximum absolute atomic E-state index is 12.7. The van der Waals surface area contributed by atoms with Gasteiger partial charge in [0, 0.05) is 6.07 Å². The molecule has 2 aromatic carbocycles. The van der Waals surface area contributed by atoms with Gasteiger partial charge in [-0.15, -0.1) is 0 Å². The molecule has 3 rings (SSSR count). The van der Waals surface area contributed by atoms with Crippen LogP contribution >= 0.6 is 0 Å². The maximum atomic E-state index is 12.7. The van der Waals surface area contributed by atoms with Crippen LogP contribution in [0.3, 0.4) is 0 Å². The molecule has 0 saturated carbocycles. The van der Waals surface area contributed by atoms with Gasteiger partial charge in [0.1, 0.15) is 17.5 Å². The zero-order valence-electron chi connectivity index (χ0n) is 18.7. The molecule has 1 amide bonds. The number of allylic oxidation sites excluding steroid dienone is 1. The van der Waals surface area contributed by atoms with Crippen LogP contribution < -0.4 is 24.3 Å². The molecule has 0 radical (unpaired) electrons. The number of carbonyl (C=O) groups excluding carboxylic acids is 2. The fourth-order valence-corrected chi connectivity index (χ4v) is 3.23.